The standard InChI is InChI=1S/C9H9N3O2/c10-9-12-11-8(14-9)5-6-1-3-7(13)4-2-6/h1-4,13H,5H2,(H2,10,12). The zero-order chi connectivity index (χ0) is 9.97. The van der Waals surface area contributed by atoms with Gasteiger partial charge in [-0.3, -0.25) is 0 Å². The van der Waals surface area contributed by atoms with E-state index >= 15 is 0 Å². The molecular formula is C9H9N3O2. The normalized spacial score (nSPS) is 10.3. The van der Waals surface area contributed by atoms with Gasteiger partial charge in [0.15, 0.2) is 0 Å². The Bertz CT molecular complexity index is 422. The highest BCUT2D eigenvalue weighted by Gasteiger charge is 2.03. The lowest BCUT2D eigenvalue weighted by Gasteiger charge is -1.96. The third kappa shape index (κ3) is 1.82. The maximum absolute atomic E-state index is 9.06. The number of hydrogen-bond donors (Lipinski definition) is 2. The second-order valence-corrected chi connectivity index (χ2v) is 2.88. The van der Waals surface area contributed by atoms with Crippen molar-refractivity contribution in [2.75, 3.05) is 5.73 Å². The van der Waals surface area contributed by atoms with Crippen molar-refractivity contribution in [2.45, 2.75) is 6.42 Å². The fourth-order valence-electron chi connectivity index (χ4n) is 1.13. The van der Waals surface area contributed by atoms with E-state index in [0.717, 1.165) is 5.56 Å². The van der Waals surface area contributed by atoms with Crippen molar-refractivity contribution in [1.29, 1.82) is 0 Å². The monoisotopic (exact) mass is 191 g/mol. The van der Waals surface area contributed by atoms with E-state index in [0.29, 0.717) is 12.3 Å². The number of rotatable bonds is 2. The van der Waals surface area contributed by atoms with Crippen LogP contribution in [0.2, 0.25) is 0 Å². The van der Waals surface area contributed by atoms with Crippen LogP contribution in [0.25, 0.3) is 0 Å². The number of nitrogens with zero attached hydrogens (tertiary/aromatic N) is 2. The quantitative estimate of drug-likeness (QED) is 0.738. The predicted molar refractivity (Wildman–Crippen MR) is 49.6 cm³/mol. The Morgan fingerprint density at radius 3 is 2.50 bits per heavy atom. The number of aromatic nitrogens is 2. The number of hydrogen-bond acceptors (Lipinski definition) is 5. The van der Waals surface area contributed by atoms with Gasteiger partial charge in [-0.15, -0.1) is 5.10 Å². The molecule has 72 valence electrons. The molecule has 2 aromatic rings. The summed E-state index contributed by atoms with van der Waals surface area (Å²) in [7, 11) is 0. The van der Waals surface area contributed by atoms with Crippen LogP contribution in [0.3, 0.4) is 0 Å². The van der Waals surface area contributed by atoms with Gasteiger partial charge in [0.25, 0.3) is 0 Å². The highest BCUT2D eigenvalue weighted by Crippen LogP contribution is 2.13. The van der Waals surface area contributed by atoms with Gasteiger partial charge in [-0.05, 0) is 17.7 Å². The lowest BCUT2D eigenvalue weighted by atomic mass is 10.1. The van der Waals surface area contributed by atoms with E-state index in [-0.39, 0.29) is 11.8 Å². The Morgan fingerprint density at radius 2 is 1.93 bits per heavy atom. The van der Waals surface area contributed by atoms with E-state index in [4.69, 9.17) is 15.3 Å². The van der Waals surface area contributed by atoms with Crippen LogP contribution in [0.4, 0.5) is 6.01 Å². The van der Waals surface area contributed by atoms with E-state index in [1.807, 2.05) is 0 Å². The van der Waals surface area contributed by atoms with Crippen LogP contribution in [0.15, 0.2) is 28.7 Å². The van der Waals surface area contributed by atoms with Crippen LogP contribution in [0.1, 0.15) is 11.5 Å². The maximum Gasteiger partial charge on any atom is 0.312 e. The van der Waals surface area contributed by atoms with Crippen molar-refractivity contribution in [2.24, 2.45) is 0 Å². The number of phenols is 1. The molecule has 0 spiro atoms. The average Bonchev–Trinajstić information content (AvgIpc) is 2.56. The van der Waals surface area contributed by atoms with Gasteiger partial charge in [-0.25, -0.2) is 0 Å². The maximum atomic E-state index is 9.06. The highest BCUT2D eigenvalue weighted by molar-refractivity contribution is 5.27. The van der Waals surface area contributed by atoms with Crippen LogP contribution >= 0.6 is 0 Å². The molecule has 14 heavy (non-hydrogen) atoms. The Labute approximate surface area is 80.2 Å². The molecule has 3 N–H and O–H groups in total. The van der Waals surface area contributed by atoms with Crippen molar-refractivity contribution in [3.8, 4) is 5.75 Å². The molecule has 0 amide bonds. The van der Waals surface area contributed by atoms with Crippen LogP contribution in [0, 0.1) is 0 Å². The molecule has 2 rings (SSSR count). The zero-order valence-electron chi connectivity index (χ0n) is 7.34. The number of nitrogens with two attached hydrogens (primary N) is 1. The fraction of sp³-hybridized carbons (Fsp3) is 0.111. The van der Waals surface area contributed by atoms with E-state index in [1.54, 1.807) is 24.3 Å². The summed E-state index contributed by atoms with van der Waals surface area (Å²) in [4.78, 5) is 0. The molecule has 0 radical (unpaired) electrons. The van der Waals surface area contributed by atoms with Crippen LogP contribution in [-0.2, 0) is 6.42 Å². The first-order valence-corrected chi connectivity index (χ1v) is 4.10. The fourth-order valence-corrected chi connectivity index (χ4v) is 1.13. The number of anilines is 1. The first-order valence-electron chi connectivity index (χ1n) is 4.10. The SMILES string of the molecule is Nc1nnc(Cc2ccc(O)cc2)o1. The van der Waals surface area contributed by atoms with E-state index in [2.05, 4.69) is 10.2 Å². The summed E-state index contributed by atoms with van der Waals surface area (Å²) in [5, 5.41) is 16.3. The number of benzene rings is 1. The Balaban J connectivity index is 2.15. The van der Waals surface area contributed by atoms with Crippen molar-refractivity contribution in [3.63, 3.8) is 0 Å². The Morgan fingerprint density at radius 1 is 1.21 bits per heavy atom. The van der Waals surface area contributed by atoms with E-state index in [1.165, 1.54) is 0 Å². The third-order valence-corrected chi connectivity index (χ3v) is 1.77. The van der Waals surface area contributed by atoms with Crippen LogP contribution < -0.4 is 5.73 Å². The molecule has 5 nitrogen and oxygen atoms in total. The first kappa shape index (κ1) is 8.55. The molecule has 0 saturated heterocycles. The van der Waals surface area contributed by atoms with Gasteiger partial charge in [0.2, 0.25) is 5.89 Å². The average molecular weight is 191 g/mol. The lowest BCUT2D eigenvalue weighted by Crippen LogP contribution is -1.87. The van der Waals surface area contributed by atoms with Crippen molar-refractivity contribution in [1.82, 2.24) is 10.2 Å². The molecule has 0 bridgehead atoms. The number of nitrogen functional groups attached to an aromatic ring is 1. The molecule has 0 aliphatic rings. The molecule has 0 aliphatic heterocycles. The zero-order valence-corrected chi connectivity index (χ0v) is 7.34. The van der Waals surface area contributed by atoms with Gasteiger partial charge in [0.05, 0.1) is 6.42 Å². The molecule has 1 aromatic heterocycles. The summed E-state index contributed by atoms with van der Waals surface area (Å²) < 4.78 is 5.01. The van der Waals surface area contributed by atoms with Gasteiger partial charge in [-0.1, -0.05) is 17.2 Å². The molecular weight excluding hydrogens is 182 g/mol. The third-order valence-electron chi connectivity index (χ3n) is 1.77. The molecule has 0 saturated carbocycles. The van der Waals surface area contributed by atoms with Crippen molar-refractivity contribution >= 4 is 6.01 Å². The second kappa shape index (κ2) is 3.37. The summed E-state index contributed by atoms with van der Waals surface area (Å²) >= 11 is 0. The predicted octanol–water partition coefficient (Wildman–Crippen LogP) is 0.948. The summed E-state index contributed by atoms with van der Waals surface area (Å²) in [5.74, 6) is 0.701. The highest BCUT2D eigenvalue weighted by atomic mass is 16.4. The molecule has 0 aliphatic carbocycles. The minimum absolute atomic E-state index is 0.0683. The Kier molecular flexibility index (Phi) is 2.06. The Hall–Kier alpha value is -2.04. The molecule has 5 heteroatoms. The minimum Gasteiger partial charge on any atom is -0.508 e. The van der Waals surface area contributed by atoms with Gasteiger partial charge >= 0.3 is 6.01 Å². The van der Waals surface area contributed by atoms with Gasteiger partial charge in [-0.2, -0.15) is 0 Å². The largest absolute Gasteiger partial charge is 0.508 e. The van der Waals surface area contributed by atoms with Gasteiger partial charge in [0, 0.05) is 0 Å². The molecule has 0 atom stereocenters. The van der Waals surface area contributed by atoms with Gasteiger partial charge < -0.3 is 15.3 Å². The summed E-state index contributed by atoms with van der Waals surface area (Å²) in [6, 6.07) is 6.86. The second-order valence-electron chi connectivity index (χ2n) is 2.88. The topological polar surface area (TPSA) is 85.2 Å². The van der Waals surface area contributed by atoms with Crippen molar-refractivity contribution < 1.29 is 9.52 Å². The summed E-state index contributed by atoms with van der Waals surface area (Å²) in [6.45, 7) is 0. The summed E-state index contributed by atoms with van der Waals surface area (Å²) in [6.07, 6.45) is 0.518. The minimum atomic E-state index is 0.0683. The number of phenolic OH excluding ortho intramolecular Hbond substituents is 1. The van der Waals surface area contributed by atoms with E-state index < -0.39 is 0 Å². The molecule has 1 aromatic carbocycles. The molecule has 1 heterocycles. The molecule has 0 fully saturated rings. The van der Waals surface area contributed by atoms with E-state index in [9.17, 15) is 0 Å². The van der Waals surface area contributed by atoms with Crippen LogP contribution in [0.5, 0.6) is 5.75 Å². The number of aromatic hydroxyl groups is 1. The summed E-state index contributed by atoms with van der Waals surface area (Å²) in [5.41, 5.74) is 6.25. The van der Waals surface area contributed by atoms with Crippen LogP contribution in [-0.4, -0.2) is 15.3 Å². The van der Waals surface area contributed by atoms with Gasteiger partial charge in [0.1, 0.15) is 5.75 Å². The lowest BCUT2D eigenvalue weighted by molar-refractivity contribution is 0.474. The van der Waals surface area contributed by atoms with Crippen molar-refractivity contribution in [3.05, 3.63) is 35.7 Å². The smallest absolute Gasteiger partial charge is 0.312 e. The first-order chi connectivity index (χ1) is 6.74. The molecule has 0 unspecified atom stereocenters.